The molecule has 32 heavy (non-hydrogen) atoms. The number of rotatable bonds is 6. The Kier molecular flexibility index (Phi) is 5.48. The Labute approximate surface area is 189 Å². The molecule has 3 aromatic carbocycles. The average molecular weight is 429 g/mol. The van der Waals surface area contributed by atoms with Crippen LogP contribution in [0.1, 0.15) is 30.5 Å². The molecule has 3 aromatic rings. The molecule has 0 unspecified atom stereocenters. The van der Waals surface area contributed by atoms with Crippen molar-refractivity contribution in [2.45, 2.75) is 43.5 Å². The first kappa shape index (κ1) is 21.1. The van der Waals surface area contributed by atoms with E-state index in [0.717, 1.165) is 22.3 Å². The lowest BCUT2D eigenvalue weighted by Crippen LogP contribution is -2.35. The van der Waals surface area contributed by atoms with Crippen LogP contribution in [0, 0.1) is 0 Å². The summed E-state index contributed by atoms with van der Waals surface area (Å²) in [6.07, 6.45) is 0.388. The second kappa shape index (κ2) is 8.30. The van der Waals surface area contributed by atoms with E-state index in [1.165, 1.54) is 0 Å². The van der Waals surface area contributed by atoms with Crippen LogP contribution in [0.3, 0.4) is 0 Å². The van der Waals surface area contributed by atoms with Crippen LogP contribution in [0.25, 0.3) is 0 Å². The lowest BCUT2D eigenvalue weighted by atomic mass is 9.80. The number of fused-ring (bicyclic) bond motifs is 1. The van der Waals surface area contributed by atoms with Crippen LogP contribution < -0.4 is 0 Å². The highest BCUT2D eigenvalue weighted by atomic mass is 16.8. The van der Waals surface area contributed by atoms with Gasteiger partial charge in [-0.15, -0.1) is 0 Å². The summed E-state index contributed by atoms with van der Waals surface area (Å²) in [5.41, 5.74) is 3.20. The van der Waals surface area contributed by atoms with Crippen molar-refractivity contribution in [3.63, 3.8) is 0 Å². The van der Waals surface area contributed by atoms with Gasteiger partial charge in [0.25, 0.3) is 0 Å². The van der Waals surface area contributed by atoms with Gasteiger partial charge in [0.15, 0.2) is 5.79 Å². The predicted molar refractivity (Wildman–Crippen MR) is 123 cm³/mol. The fourth-order valence-corrected chi connectivity index (χ4v) is 4.83. The highest BCUT2D eigenvalue weighted by molar-refractivity contribution is 5.47. The van der Waals surface area contributed by atoms with E-state index >= 15 is 0 Å². The molecule has 0 amide bonds. The Morgan fingerprint density at radius 3 is 1.72 bits per heavy atom. The molecule has 0 bridgehead atoms. The second-order valence-corrected chi connectivity index (χ2v) is 8.82. The van der Waals surface area contributed by atoms with Crippen LogP contribution in [0.5, 0.6) is 0 Å². The maximum Gasteiger partial charge on any atom is 0.164 e. The first-order chi connectivity index (χ1) is 15.5. The molecule has 1 N–H and O–H groups in total. The molecule has 5 rings (SSSR count). The van der Waals surface area contributed by atoms with Crippen LogP contribution >= 0.6 is 0 Å². The summed E-state index contributed by atoms with van der Waals surface area (Å²) in [5.74, 6) is -0.731. The molecule has 0 saturated carbocycles. The monoisotopic (exact) mass is 428 g/mol. The van der Waals surface area contributed by atoms with Gasteiger partial charge in [-0.05, 0) is 42.2 Å². The summed E-state index contributed by atoms with van der Waals surface area (Å²) in [6.45, 7) is 4.05. The molecule has 164 valence electrons. The van der Waals surface area contributed by atoms with Crippen molar-refractivity contribution in [1.29, 1.82) is 0 Å². The molecule has 4 heteroatoms. The normalized spacial score (nSPS) is 24.2. The van der Waals surface area contributed by atoms with Gasteiger partial charge in [0, 0.05) is 0 Å². The zero-order chi connectivity index (χ0) is 22.2. The quantitative estimate of drug-likeness (QED) is 0.452. The van der Waals surface area contributed by atoms with Crippen molar-refractivity contribution < 1.29 is 19.3 Å². The second-order valence-electron chi connectivity index (χ2n) is 8.82. The van der Waals surface area contributed by atoms with Gasteiger partial charge in [0.2, 0.25) is 0 Å². The third kappa shape index (κ3) is 3.70. The third-order valence-electron chi connectivity index (χ3n) is 6.21. The SMILES string of the molecule is CC1(C)O[C@H]2[C@H](O)C=C(COC(c3ccccc3)(c3ccccc3)c3ccccc3)[C@H]2O1. The van der Waals surface area contributed by atoms with Crippen molar-refractivity contribution in [2.24, 2.45) is 0 Å². The van der Waals surface area contributed by atoms with Crippen molar-refractivity contribution in [3.8, 4) is 0 Å². The Balaban J connectivity index is 1.57. The maximum atomic E-state index is 10.5. The molecule has 1 aliphatic carbocycles. The minimum absolute atomic E-state index is 0.302. The molecule has 4 nitrogen and oxygen atoms in total. The van der Waals surface area contributed by atoms with Crippen molar-refractivity contribution in [1.82, 2.24) is 0 Å². The number of benzene rings is 3. The molecule has 2 aliphatic rings. The molecule has 0 radical (unpaired) electrons. The van der Waals surface area contributed by atoms with Gasteiger partial charge in [-0.2, -0.15) is 0 Å². The standard InChI is InChI=1S/C28H28O4/c1-27(2)31-25-20(18-24(29)26(25)32-27)19-30-28(21-12-6-3-7-13-21,22-14-8-4-9-15-22)23-16-10-5-11-17-23/h3-18,24-26,29H,19H2,1-2H3/t24-,25-,26+/m1/s1. The molecular weight excluding hydrogens is 400 g/mol. The molecular formula is C28H28O4. The Hall–Kier alpha value is -2.76. The Morgan fingerprint density at radius 2 is 1.25 bits per heavy atom. The van der Waals surface area contributed by atoms with Gasteiger partial charge in [-0.25, -0.2) is 0 Å². The van der Waals surface area contributed by atoms with E-state index in [4.69, 9.17) is 14.2 Å². The zero-order valence-electron chi connectivity index (χ0n) is 18.3. The van der Waals surface area contributed by atoms with Crippen LogP contribution in [-0.4, -0.2) is 35.8 Å². The third-order valence-corrected chi connectivity index (χ3v) is 6.21. The van der Waals surface area contributed by atoms with Gasteiger partial charge in [-0.3, -0.25) is 0 Å². The molecule has 0 aromatic heterocycles. The molecule has 1 aliphatic heterocycles. The minimum Gasteiger partial charge on any atom is -0.386 e. The van der Waals surface area contributed by atoms with Crippen molar-refractivity contribution >= 4 is 0 Å². The predicted octanol–water partition coefficient (Wildman–Crippen LogP) is 4.82. The van der Waals surface area contributed by atoms with E-state index in [0.29, 0.717) is 6.61 Å². The van der Waals surface area contributed by atoms with E-state index in [2.05, 4.69) is 36.4 Å². The molecule has 1 fully saturated rings. The van der Waals surface area contributed by atoms with E-state index < -0.39 is 23.6 Å². The topological polar surface area (TPSA) is 47.9 Å². The highest BCUT2D eigenvalue weighted by Gasteiger charge is 2.50. The molecule has 0 spiro atoms. The van der Waals surface area contributed by atoms with Gasteiger partial charge >= 0.3 is 0 Å². The average Bonchev–Trinajstić information content (AvgIpc) is 3.29. The van der Waals surface area contributed by atoms with Crippen LogP contribution in [-0.2, 0) is 19.8 Å². The maximum absolute atomic E-state index is 10.5. The first-order valence-corrected chi connectivity index (χ1v) is 11.0. The van der Waals surface area contributed by atoms with Crippen molar-refractivity contribution in [3.05, 3.63) is 119 Å². The number of aliphatic hydroxyl groups excluding tert-OH is 1. The van der Waals surface area contributed by atoms with Gasteiger partial charge in [-0.1, -0.05) is 91.0 Å². The van der Waals surface area contributed by atoms with E-state index in [1.54, 1.807) is 0 Å². The highest BCUT2D eigenvalue weighted by Crippen LogP contribution is 2.43. The summed E-state index contributed by atoms with van der Waals surface area (Å²) >= 11 is 0. The summed E-state index contributed by atoms with van der Waals surface area (Å²) in [5, 5.41) is 10.5. The summed E-state index contributed by atoms with van der Waals surface area (Å²) in [6, 6.07) is 30.8. The fraction of sp³-hybridized carbons (Fsp3) is 0.286. The lowest BCUT2D eigenvalue weighted by molar-refractivity contribution is -0.153. The molecule has 1 saturated heterocycles. The van der Waals surface area contributed by atoms with Crippen molar-refractivity contribution in [2.75, 3.05) is 6.61 Å². The van der Waals surface area contributed by atoms with Crippen LogP contribution in [0.15, 0.2) is 103 Å². The number of ether oxygens (including phenoxy) is 3. The lowest BCUT2D eigenvalue weighted by Gasteiger charge is -2.36. The summed E-state index contributed by atoms with van der Waals surface area (Å²) in [7, 11) is 0. The van der Waals surface area contributed by atoms with Gasteiger partial charge in [0.1, 0.15) is 23.9 Å². The zero-order valence-corrected chi connectivity index (χ0v) is 18.3. The fourth-order valence-electron chi connectivity index (χ4n) is 4.83. The summed E-state index contributed by atoms with van der Waals surface area (Å²) in [4.78, 5) is 0. The van der Waals surface area contributed by atoms with E-state index in [-0.39, 0.29) is 6.10 Å². The largest absolute Gasteiger partial charge is 0.386 e. The van der Waals surface area contributed by atoms with Crippen LogP contribution in [0.2, 0.25) is 0 Å². The first-order valence-electron chi connectivity index (χ1n) is 11.0. The van der Waals surface area contributed by atoms with Crippen LogP contribution in [0.4, 0.5) is 0 Å². The number of hydrogen-bond acceptors (Lipinski definition) is 4. The molecule has 1 heterocycles. The van der Waals surface area contributed by atoms with Gasteiger partial charge < -0.3 is 19.3 Å². The summed E-state index contributed by atoms with van der Waals surface area (Å²) < 4.78 is 18.9. The Morgan fingerprint density at radius 1 is 0.781 bits per heavy atom. The molecule has 3 atom stereocenters. The Bertz CT molecular complexity index is 980. The minimum atomic E-state index is -0.817. The van der Waals surface area contributed by atoms with Gasteiger partial charge in [0.05, 0.1) is 6.61 Å². The number of hydrogen-bond donors (Lipinski definition) is 1. The smallest absolute Gasteiger partial charge is 0.164 e. The van der Waals surface area contributed by atoms with E-state index in [1.807, 2.05) is 74.5 Å². The van der Waals surface area contributed by atoms with E-state index in [9.17, 15) is 5.11 Å². The number of aliphatic hydroxyl groups is 1.